The van der Waals surface area contributed by atoms with Gasteiger partial charge >= 0.3 is 0 Å². The van der Waals surface area contributed by atoms with E-state index in [0.717, 1.165) is 9.48 Å². The normalized spacial score (nSPS) is 11.4. The minimum atomic E-state index is -0.344. The molecule has 1 aromatic heterocycles. The van der Waals surface area contributed by atoms with Crippen LogP contribution in [0.15, 0.2) is 33.2 Å². The summed E-state index contributed by atoms with van der Waals surface area (Å²) in [6.45, 7) is 1.82. The Morgan fingerprint density at radius 3 is 2.90 bits per heavy atom. The number of halogens is 1. The van der Waals surface area contributed by atoms with Crippen molar-refractivity contribution in [3.05, 3.63) is 44.3 Å². The van der Waals surface area contributed by atoms with Gasteiger partial charge in [0, 0.05) is 15.4 Å². The molecule has 8 heteroatoms. The standard InChI is InChI=1S/C12H11BrN4O2S/c1-6-15-10(5-20-6)12(18)16-9-3-2-7(13)4-8(9)11(14)17-19/h2-5,19H,1H3,(H2,14,17)(H,16,18). The number of carbonyl (C=O) groups excluding carboxylic acids is 1. The lowest BCUT2D eigenvalue weighted by Crippen LogP contribution is -2.19. The molecule has 2 rings (SSSR count). The smallest absolute Gasteiger partial charge is 0.275 e. The minimum Gasteiger partial charge on any atom is -0.409 e. The molecule has 1 amide bonds. The van der Waals surface area contributed by atoms with Gasteiger partial charge in [-0.2, -0.15) is 0 Å². The van der Waals surface area contributed by atoms with E-state index in [-0.39, 0.29) is 11.7 Å². The number of nitrogens with one attached hydrogen (secondary N) is 1. The highest BCUT2D eigenvalue weighted by Gasteiger charge is 2.14. The highest BCUT2D eigenvalue weighted by molar-refractivity contribution is 9.10. The first-order valence-corrected chi connectivity index (χ1v) is 7.19. The zero-order valence-electron chi connectivity index (χ0n) is 10.4. The number of anilines is 1. The summed E-state index contributed by atoms with van der Waals surface area (Å²) >= 11 is 4.69. The molecule has 0 unspecified atom stereocenters. The van der Waals surface area contributed by atoms with Crippen LogP contribution in [0, 0.1) is 6.92 Å². The molecule has 1 heterocycles. The maximum Gasteiger partial charge on any atom is 0.275 e. The van der Waals surface area contributed by atoms with E-state index in [9.17, 15) is 4.79 Å². The Hall–Kier alpha value is -1.93. The third-order valence-electron chi connectivity index (χ3n) is 2.47. The number of aryl methyl sites for hydroxylation is 1. The number of hydrogen-bond acceptors (Lipinski definition) is 5. The Kier molecular flexibility index (Phi) is 4.35. The Balaban J connectivity index is 2.32. The zero-order chi connectivity index (χ0) is 14.7. The third-order valence-corrected chi connectivity index (χ3v) is 3.73. The number of carbonyl (C=O) groups is 1. The summed E-state index contributed by atoms with van der Waals surface area (Å²) < 4.78 is 0.751. The predicted molar refractivity (Wildman–Crippen MR) is 81.5 cm³/mol. The number of rotatable bonds is 3. The monoisotopic (exact) mass is 354 g/mol. The second kappa shape index (κ2) is 6.02. The van der Waals surface area contributed by atoms with E-state index in [4.69, 9.17) is 10.9 Å². The Morgan fingerprint density at radius 1 is 1.55 bits per heavy atom. The van der Waals surface area contributed by atoms with Gasteiger partial charge in [-0.3, -0.25) is 4.79 Å². The second-order valence-corrected chi connectivity index (χ2v) is 5.86. The van der Waals surface area contributed by atoms with Gasteiger partial charge in [0.1, 0.15) is 5.69 Å². The van der Waals surface area contributed by atoms with Crippen LogP contribution in [0.3, 0.4) is 0 Å². The van der Waals surface area contributed by atoms with Gasteiger partial charge in [0.2, 0.25) is 0 Å². The highest BCUT2D eigenvalue weighted by Crippen LogP contribution is 2.22. The second-order valence-electron chi connectivity index (χ2n) is 3.88. The first kappa shape index (κ1) is 14.5. The number of amidine groups is 1. The van der Waals surface area contributed by atoms with Crippen molar-refractivity contribution in [1.82, 2.24) is 4.98 Å². The molecule has 4 N–H and O–H groups in total. The van der Waals surface area contributed by atoms with Crippen molar-refractivity contribution in [2.75, 3.05) is 5.32 Å². The Morgan fingerprint density at radius 2 is 2.30 bits per heavy atom. The Labute approximate surface area is 127 Å². The van der Waals surface area contributed by atoms with E-state index in [0.29, 0.717) is 16.9 Å². The molecular formula is C12H11BrN4O2S. The van der Waals surface area contributed by atoms with E-state index in [1.54, 1.807) is 23.6 Å². The number of amides is 1. The number of nitrogens with two attached hydrogens (primary N) is 1. The van der Waals surface area contributed by atoms with Crippen molar-refractivity contribution < 1.29 is 10.0 Å². The fourth-order valence-electron chi connectivity index (χ4n) is 1.55. The molecule has 0 saturated carbocycles. The number of aromatic nitrogens is 1. The first-order valence-electron chi connectivity index (χ1n) is 5.52. The minimum absolute atomic E-state index is 0.0870. The van der Waals surface area contributed by atoms with Gasteiger partial charge in [0.25, 0.3) is 5.91 Å². The number of oxime groups is 1. The number of thiazole rings is 1. The average molecular weight is 355 g/mol. The maximum absolute atomic E-state index is 12.1. The maximum atomic E-state index is 12.1. The van der Waals surface area contributed by atoms with Crippen molar-refractivity contribution in [3.8, 4) is 0 Å². The van der Waals surface area contributed by atoms with Crippen LogP contribution in [0.5, 0.6) is 0 Å². The SMILES string of the molecule is Cc1nc(C(=O)Nc2ccc(Br)cc2/C(N)=N/O)cs1. The molecule has 2 aromatic rings. The van der Waals surface area contributed by atoms with Crippen molar-refractivity contribution >= 4 is 44.7 Å². The fraction of sp³-hybridized carbons (Fsp3) is 0.0833. The lowest BCUT2D eigenvalue weighted by atomic mass is 10.1. The molecule has 6 nitrogen and oxygen atoms in total. The van der Waals surface area contributed by atoms with Crippen LogP contribution >= 0.6 is 27.3 Å². The van der Waals surface area contributed by atoms with Crippen molar-refractivity contribution in [3.63, 3.8) is 0 Å². The summed E-state index contributed by atoms with van der Waals surface area (Å²) in [4.78, 5) is 16.2. The summed E-state index contributed by atoms with van der Waals surface area (Å²) in [5.41, 5.74) is 6.79. The van der Waals surface area contributed by atoms with Crippen LogP contribution in [0.2, 0.25) is 0 Å². The lowest BCUT2D eigenvalue weighted by Gasteiger charge is -2.09. The van der Waals surface area contributed by atoms with Gasteiger partial charge in [-0.25, -0.2) is 4.98 Å². The summed E-state index contributed by atoms with van der Waals surface area (Å²) in [6, 6.07) is 5.06. The number of hydrogen-bond donors (Lipinski definition) is 3. The van der Waals surface area contributed by atoms with E-state index in [2.05, 4.69) is 31.4 Å². The molecule has 0 bridgehead atoms. The predicted octanol–water partition coefficient (Wildman–Crippen LogP) is 2.56. The van der Waals surface area contributed by atoms with Gasteiger partial charge < -0.3 is 16.3 Å². The molecule has 0 aliphatic carbocycles. The van der Waals surface area contributed by atoms with Crippen molar-refractivity contribution in [1.29, 1.82) is 0 Å². The zero-order valence-corrected chi connectivity index (χ0v) is 12.8. The molecule has 0 aliphatic heterocycles. The Bertz CT molecular complexity index is 684. The van der Waals surface area contributed by atoms with Crippen LogP contribution in [-0.4, -0.2) is 21.9 Å². The highest BCUT2D eigenvalue weighted by atomic mass is 79.9. The van der Waals surface area contributed by atoms with E-state index in [1.807, 2.05) is 6.92 Å². The van der Waals surface area contributed by atoms with Crippen LogP contribution in [0.25, 0.3) is 0 Å². The molecule has 104 valence electrons. The molecule has 0 aliphatic rings. The average Bonchev–Trinajstić information content (AvgIpc) is 2.86. The molecular weight excluding hydrogens is 344 g/mol. The first-order chi connectivity index (χ1) is 9.51. The molecule has 0 saturated heterocycles. The van der Waals surface area contributed by atoms with Crippen LogP contribution in [-0.2, 0) is 0 Å². The molecule has 1 aromatic carbocycles. The van der Waals surface area contributed by atoms with Crippen LogP contribution < -0.4 is 11.1 Å². The number of benzene rings is 1. The fourth-order valence-corrected chi connectivity index (χ4v) is 2.50. The molecule has 0 radical (unpaired) electrons. The van der Waals surface area contributed by atoms with Crippen molar-refractivity contribution in [2.45, 2.75) is 6.92 Å². The molecule has 20 heavy (non-hydrogen) atoms. The van der Waals surface area contributed by atoms with Crippen LogP contribution in [0.1, 0.15) is 21.1 Å². The summed E-state index contributed by atoms with van der Waals surface area (Å²) in [7, 11) is 0. The van der Waals surface area contributed by atoms with Gasteiger partial charge in [-0.15, -0.1) is 11.3 Å². The van der Waals surface area contributed by atoms with E-state index < -0.39 is 0 Å². The van der Waals surface area contributed by atoms with Gasteiger partial charge in [-0.1, -0.05) is 21.1 Å². The van der Waals surface area contributed by atoms with Gasteiger partial charge in [0.15, 0.2) is 5.84 Å². The largest absolute Gasteiger partial charge is 0.409 e. The van der Waals surface area contributed by atoms with Crippen molar-refractivity contribution in [2.24, 2.45) is 10.9 Å². The van der Waals surface area contributed by atoms with Gasteiger partial charge in [-0.05, 0) is 25.1 Å². The summed E-state index contributed by atoms with van der Waals surface area (Å²) in [5.74, 6) is -0.431. The quantitative estimate of drug-likeness (QED) is 0.341. The third kappa shape index (κ3) is 3.14. The number of nitrogens with zero attached hydrogens (tertiary/aromatic N) is 2. The lowest BCUT2D eigenvalue weighted by molar-refractivity contribution is 0.102. The topological polar surface area (TPSA) is 101 Å². The molecule has 0 spiro atoms. The van der Waals surface area contributed by atoms with E-state index >= 15 is 0 Å². The van der Waals surface area contributed by atoms with E-state index in [1.165, 1.54) is 11.3 Å². The summed E-state index contributed by atoms with van der Waals surface area (Å²) in [6.07, 6.45) is 0. The van der Waals surface area contributed by atoms with Gasteiger partial charge in [0.05, 0.1) is 10.7 Å². The molecule has 0 fully saturated rings. The summed E-state index contributed by atoms with van der Waals surface area (Å²) in [5, 5.41) is 16.9. The molecule has 0 atom stereocenters. The van der Waals surface area contributed by atoms with Crippen LogP contribution in [0.4, 0.5) is 5.69 Å².